The number of hydrogen-bond acceptors (Lipinski definition) is 7. The number of carbonyl (C=O) groups is 1. The zero-order valence-corrected chi connectivity index (χ0v) is 23.5. The van der Waals surface area contributed by atoms with Crippen molar-refractivity contribution in [3.8, 4) is 11.6 Å². The maximum absolute atomic E-state index is 14.5. The number of carboxylic acids is 1. The van der Waals surface area contributed by atoms with Crippen LogP contribution in [0.15, 0.2) is 53.6 Å². The lowest BCUT2D eigenvalue weighted by molar-refractivity contribution is -0.137. The minimum atomic E-state index is -4.39. The zero-order chi connectivity index (χ0) is 29.0. The van der Waals surface area contributed by atoms with Gasteiger partial charge in [-0.05, 0) is 54.8 Å². The van der Waals surface area contributed by atoms with Crippen LogP contribution in [0.25, 0.3) is 11.6 Å². The van der Waals surface area contributed by atoms with Gasteiger partial charge >= 0.3 is 5.97 Å². The molecule has 1 aliphatic heterocycles. The van der Waals surface area contributed by atoms with Crippen molar-refractivity contribution >= 4 is 56.5 Å². The first-order valence-electron chi connectivity index (χ1n) is 12.1. The van der Waals surface area contributed by atoms with E-state index in [2.05, 4.69) is 4.98 Å². The molecule has 1 atom stereocenters. The lowest BCUT2D eigenvalue weighted by atomic mass is 10.0. The minimum Gasteiger partial charge on any atom is -0.486 e. The number of aliphatic hydroxyl groups excluding tert-OH is 1. The fourth-order valence-corrected chi connectivity index (χ4v) is 6.38. The molecule has 40 heavy (non-hydrogen) atoms. The van der Waals surface area contributed by atoms with Crippen molar-refractivity contribution in [2.24, 2.45) is 0 Å². The highest BCUT2D eigenvalue weighted by Gasteiger charge is 2.37. The number of halogens is 3. The third-order valence-corrected chi connectivity index (χ3v) is 8.31. The molecular weight excluding hydrogens is 586 g/mol. The molecule has 212 valence electrons. The highest BCUT2D eigenvalue weighted by atomic mass is 35.5. The van der Waals surface area contributed by atoms with E-state index in [4.69, 9.17) is 37.8 Å². The lowest BCUT2D eigenvalue weighted by Gasteiger charge is -2.35. The Morgan fingerprint density at radius 2 is 2.05 bits per heavy atom. The molecule has 3 aromatic rings. The van der Waals surface area contributed by atoms with E-state index in [0.29, 0.717) is 11.1 Å². The quantitative estimate of drug-likeness (QED) is 0.297. The number of rotatable bonds is 10. The minimum absolute atomic E-state index is 0.0416. The highest BCUT2D eigenvalue weighted by molar-refractivity contribution is 7.93. The van der Waals surface area contributed by atoms with Gasteiger partial charge in [0.05, 0.1) is 28.9 Å². The van der Waals surface area contributed by atoms with Crippen LogP contribution in [-0.2, 0) is 14.8 Å². The summed E-state index contributed by atoms with van der Waals surface area (Å²) in [6, 6.07) is 10.3. The van der Waals surface area contributed by atoms with E-state index in [1.165, 1.54) is 24.4 Å². The number of nitrogens with zero attached hydrogens (tertiary/aromatic N) is 2. The van der Waals surface area contributed by atoms with Gasteiger partial charge in [0.1, 0.15) is 24.3 Å². The van der Waals surface area contributed by atoms with Gasteiger partial charge in [0.25, 0.3) is 10.0 Å². The van der Waals surface area contributed by atoms with Gasteiger partial charge in [-0.25, -0.2) is 17.8 Å². The molecule has 4 rings (SSSR count). The van der Waals surface area contributed by atoms with Gasteiger partial charge in [-0.1, -0.05) is 41.4 Å². The molecule has 0 amide bonds. The first kappa shape index (κ1) is 29.6. The summed E-state index contributed by atoms with van der Waals surface area (Å²) >= 11 is 12.3. The number of sulfonamides is 1. The molecule has 2 heterocycles. The smallest absolute Gasteiger partial charge is 0.303 e. The number of aromatic nitrogens is 1. The van der Waals surface area contributed by atoms with Gasteiger partial charge in [-0.15, -0.1) is 0 Å². The predicted molar refractivity (Wildman–Crippen MR) is 149 cm³/mol. The lowest BCUT2D eigenvalue weighted by Crippen LogP contribution is -2.44. The van der Waals surface area contributed by atoms with Crippen LogP contribution in [0.3, 0.4) is 0 Å². The first-order valence-corrected chi connectivity index (χ1v) is 14.3. The Labute approximate surface area is 240 Å². The van der Waals surface area contributed by atoms with Gasteiger partial charge < -0.3 is 19.7 Å². The molecule has 0 saturated carbocycles. The van der Waals surface area contributed by atoms with Gasteiger partial charge in [0.2, 0.25) is 5.88 Å². The summed E-state index contributed by atoms with van der Waals surface area (Å²) in [6.07, 6.45) is 1.92. The van der Waals surface area contributed by atoms with E-state index in [0.717, 1.165) is 4.31 Å². The van der Waals surface area contributed by atoms with Gasteiger partial charge in [0.15, 0.2) is 4.90 Å². The standard InChI is InChI=1S/C27H25Cl2FN2O7S/c1-16(26-20(29)3-2-4-21(26)30)11-17-5-7-23-22(12-17)32(15-19(39-23)6-8-25(34)35)40(36,37)24-13-18(28)14-31-27(24)38-10-9-33/h2-5,7,11-14,19,33H,6,8-10,15H2,1H3,(H,34,35). The summed E-state index contributed by atoms with van der Waals surface area (Å²) in [4.78, 5) is 14.8. The maximum atomic E-state index is 14.5. The molecule has 0 spiro atoms. The van der Waals surface area contributed by atoms with Gasteiger partial charge in [0, 0.05) is 18.2 Å². The number of ether oxygens (including phenoxy) is 2. The van der Waals surface area contributed by atoms with Crippen LogP contribution in [0.4, 0.5) is 10.1 Å². The van der Waals surface area contributed by atoms with E-state index < -0.39 is 27.9 Å². The number of carboxylic acid groups (broad SMARTS) is 1. The molecule has 1 unspecified atom stereocenters. The molecule has 0 aliphatic carbocycles. The molecule has 0 fully saturated rings. The summed E-state index contributed by atoms with van der Waals surface area (Å²) < 4.78 is 55.0. The normalized spacial score (nSPS) is 15.4. The van der Waals surface area contributed by atoms with Crippen LogP contribution < -0.4 is 13.8 Å². The molecule has 2 aromatic carbocycles. The number of aliphatic hydroxyl groups is 1. The summed E-state index contributed by atoms with van der Waals surface area (Å²) in [5.41, 5.74) is 1.42. The van der Waals surface area contributed by atoms with E-state index in [1.54, 1.807) is 37.3 Å². The third kappa shape index (κ3) is 6.49. The Morgan fingerprint density at radius 1 is 1.27 bits per heavy atom. The van der Waals surface area contributed by atoms with Crippen molar-refractivity contribution in [1.29, 1.82) is 0 Å². The number of hydrogen-bond donors (Lipinski definition) is 2. The summed E-state index contributed by atoms with van der Waals surface area (Å²) in [6.45, 7) is 0.895. The van der Waals surface area contributed by atoms with E-state index in [9.17, 15) is 22.7 Å². The Hall–Kier alpha value is -3.38. The second kappa shape index (κ2) is 12.4. The van der Waals surface area contributed by atoms with Gasteiger partial charge in [-0.3, -0.25) is 9.10 Å². The molecule has 1 aliphatic rings. The second-order valence-electron chi connectivity index (χ2n) is 8.89. The van der Waals surface area contributed by atoms with Crippen molar-refractivity contribution in [3.63, 3.8) is 0 Å². The molecule has 9 nitrogen and oxygen atoms in total. The van der Waals surface area contributed by atoms with Gasteiger partial charge in [-0.2, -0.15) is 0 Å². The molecular formula is C27H25Cl2FN2O7S. The second-order valence-corrected chi connectivity index (χ2v) is 11.6. The van der Waals surface area contributed by atoms with Crippen LogP contribution >= 0.6 is 23.2 Å². The molecule has 0 bridgehead atoms. The monoisotopic (exact) mass is 610 g/mol. The summed E-state index contributed by atoms with van der Waals surface area (Å²) in [5, 5.41) is 18.6. The van der Waals surface area contributed by atoms with Crippen LogP contribution in [0.1, 0.15) is 30.9 Å². The average molecular weight is 611 g/mol. The number of aliphatic carboxylic acids is 1. The molecule has 0 saturated heterocycles. The number of anilines is 1. The maximum Gasteiger partial charge on any atom is 0.303 e. The van der Waals surface area contributed by atoms with E-state index >= 15 is 0 Å². The van der Waals surface area contributed by atoms with E-state index in [1.807, 2.05) is 0 Å². The molecule has 0 radical (unpaired) electrons. The number of pyridine rings is 1. The molecule has 1 aromatic heterocycles. The van der Waals surface area contributed by atoms with Crippen molar-refractivity contribution in [2.75, 3.05) is 24.1 Å². The third-order valence-electron chi connectivity index (χ3n) is 6.02. The Morgan fingerprint density at radius 3 is 2.75 bits per heavy atom. The van der Waals surface area contributed by atoms with Crippen molar-refractivity contribution in [2.45, 2.75) is 30.8 Å². The largest absolute Gasteiger partial charge is 0.486 e. The van der Waals surface area contributed by atoms with Crippen LogP contribution in [-0.4, -0.2) is 55.4 Å². The Bertz CT molecular complexity index is 1550. The number of fused-ring (bicyclic) bond motifs is 1. The predicted octanol–water partition coefficient (Wildman–Crippen LogP) is 5.28. The van der Waals surface area contributed by atoms with Crippen molar-refractivity contribution < 1.29 is 37.3 Å². The number of benzene rings is 2. The van der Waals surface area contributed by atoms with E-state index in [-0.39, 0.29) is 70.4 Å². The average Bonchev–Trinajstić information content (AvgIpc) is 2.90. The zero-order valence-electron chi connectivity index (χ0n) is 21.2. The topological polar surface area (TPSA) is 126 Å². The fraction of sp³-hybridized carbons (Fsp3) is 0.259. The molecule has 13 heteroatoms. The highest BCUT2D eigenvalue weighted by Crippen LogP contribution is 2.41. The van der Waals surface area contributed by atoms with Crippen molar-refractivity contribution in [1.82, 2.24) is 4.98 Å². The van der Waals surface area contributed by atoms with Crippen LogP contribution in [0.5, 0.6) is 11.6 Å². The Balaban J connectivity index is 1.82. The molecule has 2 N–H and O–H groups in total. The van der Waals surface area contributed by atoms with Crippen LogP contribution in [0, 0.1) is 5.82 Å². The summed E-state index contributed by atoms with van der Waals surface area (Å²) in [7, 11) is -4.39. The fourth-order valence-electron chi connectivity index (χ4n) is 4.24. The SMILES string of the molecule is CC(=Cc1ccc2c(c1)N(S(=O)(=O)c1cc(Cl)cnc1OCCO)CC(CCC(=O)O)O2)c1c(F)cccc1Cl. The van der Waals surface area contributed by atoms with Crippen molar-refractivity contribution in [3.05, 3.63) is 75.7 Å². The van der Waals surface area contributed by atoms with Crippen LogP contribution in [0.2, 0.25) is 10.0 Å². The number of allylic oxidation sites excluding steroid dienone is 1. The first-order chi connectivity index (χ1) is 19.0. The Kier molecular flexibility index (Phi) is 9.19. The summed E-state index contributed by atoms with van der Waals surface area (Å²) in [5.74, 6) is -1.60.